The van der Waals surface area contributed by atoms with E-state index in [4.69, 9.17) is 4.74 Å². The van der Waals surface area contributed by atoms with Crippen LogP contribution >= 0.6 is 0 Å². The van der Waals surface area contributed by atoms with Crippen LogP contribution in [0.2, 0.25) is 0 Å². The number of carbonyl (C=O) groups is 1. The van der Waals surface area contributed by atoms with E-state index in [0.717, 1.165) is 25.8 Å². The Morgan fingerprint density at radius 2 is 2.56 bits per heavy atom. The van der Waals surface area contributed by atoms with Crippen LogP contribution in [-0.2, 0) is 16.1 Å². The molecule has 1 aromatic heterocycles. The number of anilines is 1. The molecule has 1 fully saturated rings. The summed E-state index contributed by atoms with van der Waals surface area (Å²) in [5.41, 5.74) is 0. The average Bonchev–Trinajstić information content (AvgIpc) is 2.85. The van der Waals surface area contributed by atoms with Crippen LogP contribution in [0.25, 0.3) is 0 Å². The van der Waals surface area contributed by atoms with Gasteiger partial charge in [0.15, 0.2) is 5.82 Å². The molecule has 1 aromatic rings. The Morgan fingerprint density at radius 1 is 1.67 bits per heavy atom. The lowest BCUT2D eigenvalue weighted by Crippen LogP contribution is -2.43. The molecule has 6 heteroatoms. The van der Waals surface area contributed by atoms with Gasteiger partial charge in [-0.2, -0.15) is 5.10 Å². The fourth-order valence-electron chi connectivity index (χ4n) is 2.03. The van der Waals surface area contributed by atoms with Crippen LogP contribution < -0.4 is 10.6 Å². The number of rotatable bonds is 5. The van der Waals surface area contributed by atoms with Gasteiger partial charge in [0.25, 0.3) is 0 Å². The van der Waals surface area contributed by atoms with Crippen molar-refractivity contribution < 1.29 is 9.53 Å². The average molecular weight is 252 g/mol. The largest absolute Gasteiger partial charge is 0.383 e. The van der Waals surface area contributed by atoms with Crippen molar-refractivity contribution in [2.24, 2.45) is 0 Å². The molecule has 2 N–H and O–H groups in total. The maximum atomic E-state index is 11.9. The molecule has 2 rings (SSSR count). The molecule has 1 unspecified atom stereocenters. The van der Waals surface area contributed by atoms with Gasteiger partial charge < -0.3 is 15.4 Å². The monoisotopic (exact) mass is 252 g/mol. The molecule has 1 aliphatic heterocycles. The smallest absolute Gasteiger partial charge is 0.242 e. The number of carbonyl (C=O) groups excluding carboxylic acids is 1. The highest BCUT2D eigenvalue weighted by Gasteiger charge is 2.20. The number of aromatic nitrogens is 2. The van der Waals surface area contributed by atoms with E-state index >= 15 is 0 Å². The third-order valence-electron chi connectivity index (χ3n) is 3.04. The molecule has 1 aliphatic rings. The number of ether oxygens (including phenoxy) is 1. The summed E-state index contributed by atoms with van der Waals surface area (Å²) < 4.78 is 6.73. The standard InChI is InChI=1S/C12H20N4O2/c1-18-9-8-16-7-5-11(15-16)14-12(17)10-4-2-3-6-13-10/h5,7,10,13H,2-4,6,8-9H2,1H3,(H,14,15,17). The van der Waals surface area contributed by atoms with Crippen molar-refractivity contribution in [3.63, 3.8) is 0 Å². The first-order chi connectivity index (χ1) is 8.79. The van der Waals surface area contributed by atoms with Crippen LogP contribution in [0, 0.1) is 0 Å². The normalized spacial score (nSPS) is 19.7. The van der Waals surface area contributed by atoms with Crippen molar-refractivity contribution >= 4 is 11.7 Å². The van der Waals surface area contributed by atoms with Gasteiger partial charge in [0, 0.05) is 19.4 Å². The predicted molar refractivity (Wildman–Crippen MR) is 68.4 cm³/mol. The number of methoxy groups -OCH3 is 1. The van der Waals surface area contributed by atoms with Gasteiger partial charge >= 0.3 is 0 Å². The maximum Gasteiger partial charge on any atom is 0.242 e. The highest BCUT2D eigenvalue weighted by atomic mass is 16.5. The van der Waals surface area contributed by atoms with E-state index in [1.165, 1.54) is 0 Å². The quantitative estimate of drug-likeness (QED) is 0.805. The zero-order valence-electron chi connectivity index (χ0n) is 10.7. The highest BCUT2D eigenvalue weighted by Crippen LogP contribution is 2.10. The molecule has 100 valence electrons. The van der Waals surface area contributed by atoms with Crippen LogP contribution in [0.15, 0.2) is 12.3 Å². The lowest BCUT2D eigenvalue weighted by Gasteiger charge is -2.21. The number of nitrogens with one attached hydrogen (secondary N) is 2. The number of nitrogens with zero attached hydrogens (tertiary/aromatic N) is 2. The number of hydrogen-bond donors (Lipinski definition) is 2. The fraction of sp³-hybridized carbons (Fsp3) is 0.667. The second-order valence-electron chi connectivity index (χ2n) is 4.45. The lowest BCUT2D eigenvalue weighted by atomic mass is 10.0. The third-order valence-corrected chi connectivity index (χ3v) is 3.04. The zero-order chi connectivity index (χ0) is 12.8. The summed E-state index contributed by atoms with van der Waals surface area (Å²) in [5, 5.41) is 10.3. The minimum Gasteiger partial charge on any atom is -0.383 e. The molecule has 1 saturated heterocycles. The van der Waals surface area contributed by atoms with Crippen LogP contribution in [0.4, 0.5) is 5.82 Å². The van der Waals surface area contributed by atoms with Gasteiger partial charge in [-0.3, -0.25) is 9.48 Å². The van der Waals surface area contributed by atoms with Crippen LogP contribution in [0.1, 0.15) is 19.3 Å². The van der Waals surface area contributed by atoms with Crippen molar-refractivity contribution in [2.75, 3.05) is 25.6 Å². The van der Waals surface area contributed by atoms with E-state index < -0.39 is 0 Å². The Morgan fingerprint density at radius 3 is 3.28 bits per heavy atom. The van der Waals surface area contributed by atoms with E-state index in [-0.39, 0.29) is 11.9 Å². The second-order valence-corrected chi connectivity index (χ2v) is 4.45. The van der Waals surface area contributed by atoms with Crippen LogP contribution in [-0.4, -0.2) is 42.0 Å². The fourth-order valence-corrected chi connectivity index (χ4v) is 2.03. The first-order valence-corrected chi connectivity index (χ1v) is 6.36. The topological polar surface area (TPSA) is 68.2 Å². The van der Waals surface area contributed by atoms with Gasteiger partial charge in [-0.15, -0.1) is 0 Å². The van der Waals surface area contributed by atoms with E-state index in [2.05, 4.69) is 15.7 Å². The first kappa shape index (κ1) is 13.0. The van der Waals surface area contributed by atoms with E-state index in [0.29, 0.717) is 19.0 Å². The minimum atomic E-state index is -0.0807. The Labute approximate surface area is 107 Å². The Bertz CT molecular complexity index is 385. The highest BCUT2D eigenvalue weighted by molar-refractivity contribution is 5.94. The lowest BCUT2D eigenvalue weighted by molar-refractivity contribution is -0.118. The van der Waals surface area contributed by atoms with Crippen molar-refractivity contribution in [3.8, 4) is 0 Å². The number of hydrogen-bond acceptors (Lipinski definition) is 4. The molecule has 1 amide bonds. The Hall–Kier alpha value is -1.40. The Balaban J connectivity index is 1.84. The molecule has 0 saturated carbocycles. The molecule has 18 heavy (non-hydrogen) atoms. The molecule has 6 nitrogen and oxygen atoms in total. The van der Waals surface area contributed by atoms with Gasteiger partial charge in [0.1, 0.15) is 0 Å². The van der Waals surface area contributed by atoms with E-state index in [1.807, 2.05) is 6.20 Å². The molecule has 2 heterocycles. The Kier molecular flexibility index (Phi) is 4.72. The summed E-state index contributed by atoms with van der Waals surface area (Å²) in [5.74, 6) is 0.607. The molecule has 0 radical (unpaired) electrons. The summed E-state index contributed by atoms with van der Waals surface area (Å²) in [6.07, 6.45) is 4.99. The van der Waals surface area contributed by atoms with Crippen molar-refractivity contribution in [3.05, 3.63) is 12.3 Å². The van der Waals surface area contributed by atoms with E-state index in [1.54, 1.807) is 17.9 Å². The van der Waals surface area contributed by atoms with Gasteiger partial charge in [0.2, 0.25) is 5.91 Å². The molecule has 0 aromatic carbocycles. The van der Waals surface area contributed by atoms with Gasteiger partial charge in [0.05, 0.1) is 19.2 Å². The molecule has 0 bridgehead atoms. The summed E-state index contributed by atoms with van der Waals surface area (Å²) in [6.45, 7) is 2.22. The maximum absolute atomic E-state index is 11.9. The first-order valence-electron chi connectivity index (χ1n) is 6.36. The number of piperidine rings is 1. The number of amides is 1. The molecule has 1 atom stereocenters. The summed E-state index contributed by atoms with van der Waals surface area (Å²) >= 11 is 0. The van der Waals surface area contributed by atoms with Crippen LogP contribution in [0.5, 0.6) is 0 Å². The molecular formula is C12H20N4O2. The van der Waals surface area contributed by atoms with Crippen LogP contribution in [0.3, 0.4) is 0 Å². The van der Waals surface area contributed by atoms with Gasteiger partial charge in [-0.1, -0.05) is 6.42 Å². The van der Waals surface area contributed by atoms with E-state index in [9.17, 15) is 4.79 Å². The van der Waals surface area contributed by atoms with Gasteiger partial charge in [-0.05, 0) is 19.4 Å². The third kappa shape index (κ3) is 3.54. The SMILES string of the molecule is COCCn1ccc(NC(=O)C2CCCCN2)n1. The molecule has 0 aliphatic carbocycles. The summed E-state index contributed by atoms with van der Waals surface area (Å²) in [7, 11) is 1.65. The van der Waals surface area contributed by atoms with Gasteiger partial charge in [-0.25, -0.2) is 0 Å². The van der Waals surface area contributed by atoms with Crippen molar-refractivity contribution in [1.82, 2.24) is 15.1 Å². The van der Waals surface area contributed by atoms with Crippen molar-refractivity contribution in [1.29, 1.82) is 0 Å². The zero-order valence-corrected chi connectivity index (χ0v) is 10.7. The molecular weight excluding hydrogens is 232 g/mol. The minimum absolute atomic E-state index is 0.00620. The van der Waals surface area contributed by atoms with Crippen molar-refractivity contribution in [2.45, 2.75) is 31.8 Å². The summed E-state index contributed by atoms with van der Waals surface area (Å²) in [6, 6.07) is 1.72. The molecule has 0 spiro atoms. The second kappa shape index (κ2) is 6.51. The summed E-state index contributed by atoms with van der Waals surface area (Å²) in [4.78, 5) is 11.9. The predicted octanol–water partition coefficient (Wildman–Crippen LogP) is 0.610.